The summed E-state index contributed by atoms with van der Waals surface area (Å²) in [6, 6.07) is 0. The Balaban J connectivity index is 2.45. The zero-order valence-corrected chi connectivity index (χ0v) is 7.12. The van der Waals surface area contributed by atoms with Gasteiger partial charge in [0.25, 0.3) is 0 Å². The van der Waals surface area contributed by atoms with Gasteiger partial charge in [-0.25, -0.2) is 9.97 Å². The Morgan fingerprint density at radius 1 is 1.67 bits per heavy atom. The van der Waals surface area contributed by atoms with E-state index in [4.69, 9.17) is 0 Å². The topological polar surface area (TPSA) is 30.3 Å². The van der Waals surface area contributed by atoms with Crippen LogP contribution in [0.2, 0.25) is 0 Å². The van der Waals surface area contributed by atoms with Crippen LogP contribution in [-0.4, -0.2) is 18.1 Å². The van der Waals surface area contributed by atoms with Crippen LogP contribution in [0.5, 0.6) is 0 Å². The molecule has 1 aromatic rings. The van der Waals surface area contributed by atoms with E-state index in [-0.39, 0.29) is 0 Å². The number of fused-ring (bicyclic) bond motifs is 1. The molecule has 0 saturated carbocycles. The molecule has 0 unspecified atom stereocenters. The fraction of sp³-hybridized carbons (Fsp3) is 0.333. The second-order valence-electron chi connectivity index (χ2n) is 2.76. The quantitative estimate of drug-likeness (QED) is 0.610. The van der Waals surface area contributed by atoms with Crippen LogP contribution < -0.4 is 9.88 Å². The number of anilines is 1. The number of aromatic nitrogens is 2. The van der Waals surface area contributed by atoms with Gasteiger partial charge in [0.1, 0.15) is 12.7 Å². The van der Waals surface area contributed by atoms with Crippen LogP contribution >= 0.6 is 0 Å². The van der Waals surface area contributed by atoms with Gasteiger partial charge in [0.05, 0.1) is 12.7 Å². The molecule has 0 atom stereocenters. The minimum Gasteiger partial charge on any atom is -0.257 e. The van der Waals surface area contributed by atoms with Crippen molar-refractivity contribution in [3.05, 3.63) is 24.2 Å². The summed E-state index contributed by atoms with van der Waals surface area (Å²) in [5.74, 6) is 1.13. The predicted octanol–water partition coefficient (Wildman–Crippen LogP) is 0.749. The molecule has 3 nitrogen and oxygen atoms in total. The van der Waals surface area contributed by atoms with Crippen LogP contribution in [0.4, 0.5) is 5.82 Å². The summed E-state index contributed by atoms with van der Waals surface area (Å²) >= 11 is 0. The Labute approximate surface area is 71.8 Å². The fourth-order valence-corrected chi connectivity index (χ4v) is 1.41. The minimum absolute atomic E-state index is 0.978. The minimum atomic E-state index is 0.978. The first-order chi connectivity index (χ1) is 5.92. The summed E-state index contributed by atoms with van der Waals surface area (Å²) in [5.41, 5.74) is 1.03. The van der Waals surface area contributed by atoms with E-state index in [1.807, 2.05) is 6.20 Å². The molecule has 0 saturated heterocycles. The van der Waals surface area contributed by atoms with Crippen molar-refractivity contribution in [1.82, 2.24) is 4.98 Å². The van der Waals surface area contributed by atoms with Gasteiger partial charge in [0.15, 0.2) is 5.69 Å². The second-order valence-corrected chi connectivity index (χ2v) is 2.76. The van der Waals surface area contributed by atoms with Gasteiger partial charge in [-0.05, 0) is 19.1 Å². The van der Waals surface area contributed by atoms with Crippen molar-refractivity contribution < 1.29 is 4.98 Å². The van der Waals surface area contributed by atoms with E-state index in [0.29, 0.717) is 0 Å². The third-order valence-electron chi connectivity index (χ3n) is 2.05. The van der Waals surface area contributed by atoms with Gasteiger partial charge in [-0.3, -0.25) is 4.90 Å². The van der Waals surface area contributed by atoms with Gasteiger partial charge < -0.3 is 0 Å². The summed E-state index contributed by atoms with van der Waals surface area (Å²) in [4.78, 5) is 9.71. The molecule has 0 radical (unpaired) electrons. The van der Waals surface area contributed by atoms with Crippen LogP contribution in [0.15, 0.2) is 18.5 Å². The summed E-state index contributed by atoms with van der Waals surface area (Å²) in [6.45, 7) is 4.13. The first kappa shape index (κ1) is 7.28. The number of hydrogen-bond donors (Lipinski definition) is 0. The third-order valence-corrected chi connectivity index (χ3v) is 2.05. The summed E-state index contributed by atoms with van der Waals surface area (Å²) in [6.07, 6.45) is 7.83. The molecule has 2 heterocycles. The monoisotopic (exact) mass is 162 g/mol. The smallest absolute Gasteiger partial charge is 0.257 e. The zero-order chi connectivity index (χ0) is 8.39. The lowest BCUT2D eigenvalue weighted by Gasteiger charge is -2.16. The Morgan fingerprint density at radius 3 is 3.42 bits per heavy atom. The standard InChI is InChI=1S/C9H11N3/c1-2-12-7-3-4-8-9(12)11-6-5-10-8/h3-6H,2,7H2,1H3/p+1. The lowest BCUT2D eigenvalue weighted by atomic mass is 10.2. The molecule has 1 N–H and O–H groups in total. The fourth-order valence-electron chi connectivity index (χ4n) is 1.41. The maximum Gasteiger partial charge on any atom is 0.300 e. The number of H-pyrrole nitrogens is 1. The van der Waals surface area contributed by atoms with Gasteiger partial charge >= 0.3 is 5.82 Å². The van der Waals surface area contributed by atoms with Crippen molar-refractivity contribution in [2.24, 2.45) is 0 Å². The van der Waals surface area contributed by atoms with Crippen LogP contribution in [0.25, 0.3) is 6.08 Å². The molecule has 2 rings (SSSR count). The van der Waals surface area contributed by atoms with E-state index in [2.05, 4.69) is 33.9 Å². The number of nitrogens with one attached hydrogen (secondary N) is 1. The lowest BCUT2D eigenvalue weighted by molar-refractivity contribution is -0.365. The average molecular weight is 162 g/mol. The predicted molar refractivity (Wildman–Crippen MR) is 47.7 cm³/mol. The first-order valence-corrected chi connectivity index (χ1v) is 4.20. The molecule has 3 heteroatoms. The maximum absolute atomic E-state index is 4.26. The number of hydrogen-bond acceptors (Lipinski definition) is 2. The third kappa shape index (κ3) is 1.07. The molecule has 62 valence electrons. The lowest BCUT2D eigenvalue weighted by Crippen LogP contribution is -2.32. The van der Waals surface area contributed by atoms with Gasteiger partial charge in [0.2, 0.25) is 0 Å². The zero-order valence-electron chi connectivity index (χ0n) is 7.12. The highest BCUT2D eigenvalue weighted by atomic mass is 15.2. The summed E-state index contributed by atoms with van der Waals surface area (Å²) in [5, 5.41) is 0. The van der Waals surface area contributed by atoms with Crippen LogP contribution in [0.3, 0.4) is 0 Å². The highest BCUT2D eigenvalue weighted by Gasteiger charge is 2.19. The normalized spacial score (nSPS) is 14.6. The molecular formula is C9H12N3+. The van der Waals surface area contributed by atoms with E-state index < -0.39 is 0 Å². The van der Waals surface area contributed by atoms with Gasteiger partial charge in [0, 0.05) is 0 Å². The molecule has 0 spiro atoms. The molecule has 0 bridgehead atoms. The Bertz CT molecular complexity index is 306. The van der Waals surface area contributed by atoms with Gasteiger partial charge in [-0.1, -0.05) is 0 Å². The highest BCUT2D eigenvalue weighted by molar-refractivity contribution is 5.61. The van der Waals surface area contributed by atoms with E-state index in [9.17, 15) is 0 Å². The number of likely N-dealkylation sites (N-methyl/N-ethyl adjacent to an activating group) is 1. The van der Waals surface area contributed by atoms with Crippen LogP contribution in [-0.2, 0) is 0 Å². The van der Waals surface area contributed by atoms with Crippen molar-refractivity contribution >= 4 is 11.9 Å². The largest absolute Gasteiger partial charge is 0.300 e. The molecule has 1 aliphatic rings. The molecule has 0 amide bonds. The van der Waals surface area contributed by atoms with E-state index in [1.54, 1.807) is 6.20 Å². The molecule has 0 aromatic carbocycles. The Morgan fingerprint density at radius 2 is 2.58 bits per heavy atom. The SMILES string of the molecule is CCN1CC=Cc2ncc[nH+]c21. The Kier molecular flexibility index (Phi) is 1.78. The first-order valence-electron chi connectivity index (χ1n) is 4.20. The van der Waals surface area contributed by atoms with Gasteiger partial charge in [-0.2, -0.15) is 0 Å². The van der Waals surface area contributed by atoms with Crippen molar-refractivity contribution in [3.63, 3.8) is 0 Å². The number of aromatic amines is 1. The van der Waals surface area contributed by atoms with E-state index in [1.165, 1.54) is 0 Å². The molecule has 12 heavy (non-hydrogen) atoms. The molecular weight excluding hydrogens is 150 g/mol. The number of rotatable bonds is 1. The molecule has 1 aromatic heterocycles. The van der Waals surface area contributed by atoms with Crippen LogP contribution in [0.1, 0.15) is 12.6 Å². The van der Waals surface area contributed by atoms with Crippen molar-refractivity contribution in [2.45, 2.75) is 6.92 Å². The van der Waals surface area contributed by atoms with Gasteiger partial charge in [-0.15, -0.1) is 0 Å². The number of nitrogens with zero attached hydrogens (tertiary/aromatic N) is 2. The second kappa shape index (κ2) is 2.93. The molecule has 0 aliphatic carbocycles. The van der Waals surface area contributed by atoms with Crippen molar-refractivity contribution in [2.75, 3.05) is 18.0 Å². The maximum atomic E-state index is 4.26. The van der Waals surface area contributed by atoms with E-state index >= 15 is 0 Å². The van der Waals surface area contributed by atoms with Crippen molar-refractivity contribution in [1.29, 1.82) is 0 Å². The average Bonchev–Trinajstić information content (AvgIpc) is 2.17. The highest BCUT2D eigenvalue weighted by Crippen LogP contribution is 2.16. The molecule has 0 fully saturated rings. The molecule has 1 aliphatic heterocycles. The van der Waals surface area contributed by atoms with Crippen LogP contribution in [0, 0.1) is 0 Å². The summed E-state index contributed by atoms with van der Waals surface area (Å²) < 4.78 is 0. The van der Waals surface area contributed by atoms with Crippen molar-refractivity contribution in [3.8, 4) is 0 Å². The van der Waals surface area contributed by atoms with E-state index in [0.717, 1.165) is 24.6 Å². The Hall–Kier alpha value is -1.38. The summed E-state index contributed by atoms with van der Waals surface area (Å²) in [7, 11) is 0.